The fourth-order valence-electron chi connectivity index (χ4n) is 1.28. The molecule has 2 amide bonds. The number of nitriles is 2. The summed E-state index contributed by atoms with van der Waals surface area (Å²) in [6, 6.07) is 3.62. The molecule has 0 atom stereocenters. The van der Waals surface area contributed by atoms with Crippen LogP contribution in [-0.2, 0) is 9.59 Å². The minimum absolute atomic E-state index is 0.00267. The third-order valence-corrected chi connectivity index (χ3v) is 2.27. The lowest BCUT2D eigenvalue weighted by atomic mass is 9.78. The number of amides is 2. The zero-order chi connectivity index (χ0) is 11.9. The smallest absolute Gasteiger partial charge is 0.233 e. The quantitative estimate of drug-likeness (QED) is 0.571. The van der Waals surface area contributed by atoms with Crippen LogP contribution in [0.5, 0.6) is 0 Å². The zero-order valence-electron chi connectivity index (χ0n) is 8.19. The van der Waals surface area contributed by atoms with Gasteiger partial charge < -0.3 is 11.5 Å². The summed E-state index contributed by atoms with van der Waals surface area (Å²) in [6.07, 6.45) is -0.0691. The summed E-state index contributed by atoms with van der Waals surface area (Å²) < 4.78 is 0. The van der Waals surface area contributed by atoms with Crippen LogP contribution in [0.2, 0.25) is 0 Å². The van der Waals surface area contributed by atoms with E-state index in [-0.39, 0.29) is 25.7 Å². The molecule has 0 unspecified atom stereocenters. The van der Waals surface area contributed by atoms with Crippen molar-refractivity contribution in [2.24, 2.45) is 16.9 Å². The van der Waals surface area contributed by atoms with Gasteiger partial charge in [-0.15, -0.1) is 0 Å². The number of carbonyl (C=O) groups is 2. The van der Waals surface area contributed by atoms with Gasteiger partial charge in [0.25, 0.3) is 0 Å². The highest BCUT2D eigenvalue weighted by molar-refractivity contribution is 6.03. The Morgan fingerprint density at radius 1 is 1.00 bits per heavy atom. The van der Waals surface area contributed by atoms with Crippen molar-refractivity contribution in [2.75, 3.05) is 0 Å². The molecule has 0 saturated heterocycles. The number of primary amides is 2. The van der Waals surface area contributed by atoms with Crippen molar-refractivity contribution in [3.63, 3.8) is 0 Å². The highest BCUT2D eigenvalue weighted by atomic mass is 16.2. The van der Waals surface area contributed by atoms with Crippen LogP contribution < -0.4 is 11.5 Å². The predicted octanol–water partition coefficient (Wildman–Crippen LogP) is -0.449. The summed E-state index contributed by atoms with van der Waals surface area (Å²) in [5.74, 6) is -1.75. The standard InChI is InChI=1S/C9H12N4O2/c10-5-1-3-9(7(12)14,8(13)15)4-2-6-11/h1-4H2,(H2,12,14)(H2,13,15). The molecule has 15 heavy (non-hydrogen) atoms. The SMILES string of the molecule is N#CCCC(CCC#N)(C(N)=O)C(N)=O. The van der Waals surface area contributed by atoms with E-state index in [1.165, 1.54) is 0 Å². The normalized spacial score (nSPS) is 10.0. The van der Waals surface area contributed by atoms with E-state index in [1.807, 2.05) is 12.1 Å². The van der Waals surface area contributed by atoms with Crippen molar-refractivity contribution in [1.82, 2.24) is 0 Å². The summed E-state index contributed by atoms with van der Waals surface area (Å²) in [5.41, 5.74) is 8.63. The highest BCUT2D eigenvalue weighted by Gasteiger charge is 2.41. The van der Waals surface area contributed by atoms with Crippen LogP contribution in [0, 0.1) is 28.1 Å². The van der Waals surface area contributed by atoms with Crippen molar-refractivity contribution in [2.45, 2.75) is 25.7 Å². The molecule has 0 saturated carbocycles. The maximum Gasteiger partial charge on any atom is 0.233 e. The zero-order valence-corrected chi connectivity index (χ0v) is 8.19. The van der Waals surface area contributed by atoms with Gasteiger partial charge in [-0.1, -0.05) is 0 Å². The van der Waals surface area contributed by atoms with Crippen LogP contribution in [-0.4, -0.2) is 11.8 Å². The van der Waals surface area contributed by atoms with Crippen LogP contribution in [0.15, 0.2) is 0 Å². The topological polar surface area (TPSA) is 134 Å². The highest BCUT2D eigenvalue weighted by Crippen LogP contribution is 2.29. The molecule has 6 heteroatoms. The largest absolute Gasteiger partial charge is 0.369 e. The third kappa shape index (κ3) is 2.96. The monoisotopic (exact) mass is 208 g/mol. The van der Waals surface area contributed by atoms with Gasteiger partial charge >= 0.3 is 0 Å². The fraction of sp³-hybridized carbons (Fsp3) is 0.556. The fourth-order valence-corrected chi connectivity index (χ4v) is 1.28. The van der Waals surface area contributed by atoms with E-state index >= 15 is 0 Å². The molecule has 0 aromatic heterocycles. The van der Waals surface area contributed by atoms with E-state index in [4.69, 9.17) is 22.0 Å². The predicted molar refractivity (Wildman–Crippen MR) is 50.5 cm³/mol. The molecule has 0 aromatic carbocycles. The Bertz CT molecular complexity index is 303. The number of hydrogen-bond acceptors (Lipinski definition) is 4. The van der Waals surface area contributed by atoms with Gasteiger partial charge in [0.2, 0.25) is 11.8 Å². The molecule has 0 aliphatic heterocycles. The van der Waals surface area contributed by atoms with Gasteiger partial charge in [0, 0.05) is 12.8 Å². The maximum atomic E-state index is 11.2. The average molecular weight is 208 g/mol. The summed E-state index contributed by atoms with van der Waals surface area (Å²) in [6.45, 7) is 0. The Balaban J connectivity index is 4.93. The van der Waals surface area contributed by atoms with Gasteiger partial charge in [0.05, 0.1) is 12.1 Å². The lowest BCUT2D eigenvalue weighted by Gasteiger charge is -2.24. The van der Waals surface area contributed by atoms with E-state index in [0.29, 0.717) is 0 Å². The van der Waals surface area contributed by atoms with Gasteiger partial charge in [-0.05, 0) is 12.8 Å². The molecule has 0 radical (unpaired) electrons. The Hall–Kier alpha value is -2.08. The first-order chi connectivity index (χ1) is 7.01. The molecule has 0 bridgehead atoms. The summed E-state index contributed by atoms with van der Waals surface area (Å²) in [5, 5.41) is 16.8. The summed E-state index contributed by atoms with van der Waals surface area (Å²) in [4.78, 5) is 22.4. The third-order valence-electron chi connectivity index (χ3n) is 2.27. The Morgan fingerprint density at radius 2 is 1.33 bits per heavy atom. The molecule has 0 spiro atoms. The number of carbonyl (C=O) groups excluding carboxylic acids is 2. The van der Waals surface area contributed by atoms with Crippen molar-refractivity contribution in [1.29, 1.82) is 10.5 Å². The second-order valence-corrected chi connectivity index (χ2v) is 3.13. The Morgan fingerprint density at radius 3 is 1.53 bits per heavy atom. The summed E-state index contributed by atoms with van der Waals surface area (Å²) >= 11 is 0. The lowest BCUT2D eigenvalue weighted by Crippen LogP contribution is -2.47. The minimum Gasteiger partial charge on any atom is -0.369 e. The summed E-state index contributed by atoms with van der Waals surface area (Å²) in [7, 11) is 0. The van der Waals surface area contributed by atoms with E-state index in [1.54, 1.807) is 0 Å². The van der Waals surface area contributed by atoms with Crippen LogP contribution >= 0.6 is 0 Å². The van der Waals surface area contributed by atoms with Crippen LogP contribution in [0.25, 0.3) is 0 Å². The first-order valence-electron chi connectivity index (χ1n) is 4.35. The lowest BCUT2D eigenvalue weighted by molar-refractivity contribution is -0.140. The van der Waals surface area contributed by atoms with Crippen LogP contribution in [0.4, 0.5) is 0 Å². The molecule has 6 nitrogen and oxygen atoms in total. The van der Waals surface area contributed by atoms with Gasteiger partial charge in [-0.25, -0.2) is 0 Å². The van der Waals surface area contributed by atoms with Crippen molar-refractivity contribution in [3.8, 4) is 12.1 Å². The molecule has 0 aromatic rings. The molecule has 0 aliphatic carbocycles. The van der Waals surface area contributed by atoms with Gasteiger partial charge in [-0.2, -0.15) is 10.5 Å². The first-order valence-corrected chi connectivity index (χ1v) is 4.35. The number of rotatable bonds is 6. The van der Waals surface area contributed by atoms with Crippen molar-refractivity contribution in [3.05, 3.63) is 0 Å². The van der Waals surface area contributed by atoms with Gasteiger partial charge in [0.1, 0.15) is 5.41 Å². The number of hydrogen-bond donors (Lipinski definition) is 2. The molecular weight excluding hydrogens is 196 g/mol. The van der Waals surface area contributed by atoms with Gasteiger partial charge in [0.15, 0.2) is 0 Å². The van der Waals surface area contributed by atoms with Crippen LogP contribution in [0.1, 0.15) is 25.7 Å². The maximum absolute atomic E-state index is 11.2. The Kier molecular flexibility index (Phi) is 4.83. The van der Waals surface area contributed by atoms with E-state index in [2.05, 4.69) is 0 Å². The molecule has 0 fully saturated rings. The molecule has 0 aliphatic rings. The van der Waals surface area contributed by atoms with Gasteiger partial charge in [-0.3, -0.25) is 9.59 Å². The molecule has 0 heterocycles. The average Bonchev–Trinajstić information content (AvgIpc) is 2.17. The molecule has 80 valence electrons. The molecular formula is C9H12N4O2. The van der Waals surface area contributed by atoms with E-state index < -0.39 is 17.2 Å². The first kappa shape index (κ1) is 12.9. The van der Waals surface area contributed by atoms with Crippen molar-refractivity contribution >= 4 is 11.8 Å². The molecule has 4 N–H and O–H groups in total. The number of nitrogens with two attached hydrogens (primary N) is 2. The second-order valence-electron chi connectivity index (χ2n) is 3.13. The van der Waals surface area contributed by atoms with Crippen molar-refractivity contribution < 1.29 is 9.59 Å². The minimum atomic E-state index is -1.56. The Labute approximate surface area is 87.4 Å². The van der Waals surface area contributed by atoms with E-state index in [9.17, 15) is 9.59 Å². The van der Waals surface area contributed by atoms with Crippen LogP contribution in [0.3, 0.4) is 0 Å². The molecule has 0 rings (SSSR count). The van der Waals surface area contributed by atoms with E-state index in [0.717, 1.165) is 0 Å². The number of nitrogens with zero attached hydrogens (tertiary/aromatic N) is 2. The second kappa shape index (κ2) is 5.61.